The topological polar surface area (TPSA) is 105 Å². The third kappa shape index (κ3) is 2.25. The second-order valence-electron chi connectivity index (χ2n) is 6.70. The second-order valence-corrected chi connectivity index (χ2v) is 9.19. The van der Waals surface area contributed by atoms with Crippen molar-refractivity contribution in [2.45, 2.75) is 38.3 Å². The minimum absolute atomic E-state index is 0.0847. The summed E-state index contributed by atoms with van der Waals surface area (Å²) < 4.78 is 27.4. The Labute approximate surface area is 134 Å². The molecule has 1 aromatic rings. The van der Waals surface area contributed by atoms with Crippen LogP contribution in [0.4, 0.5) is 5.95 Å². The summed E-state index contributed by atoms with van der Waals surface area (Å²) in [6.07, 6.45) is 3.88. The Balaban J connectivity index is 1.83. The normalized spacial score (nSPS) is 30.0. The van der Waals surface area contributed by atoms with Crippen molar-refractivity contribution in [3.8, 4) is 0 Å². The van der Waals surface area contributed by atoms with Gasteiger partial charge in [0.15, 0.2) is 0 Å². The monoisotopic (exact) mass is 344 g/mol. The number of carbonyl (C=O) groups excluding carboxylic acids is 1. The molecule has 2 aliphatic rings. The molecule has 2 fully saturated rings. The van der Waals surface area contributed by atoms with Gasteiger partial charge in [-0.3, -0.25) is 9.52 Å². The molecule has 0 saturated heterocycles. The van der Waals surface area contributed by atoms with E-state index in [0.29, 0.717) is 23.9 Å². The summed E-state index contributed by atoms with van der Waals surface area (Å²) in [6.45, 7) is 4.04. The number of sulfonamides is 1. The van der Waals surface area contributed by atoms with Crippen molar-refractivity contribution in [1.82, 2.24) is 15.2 Å². The molecule has 122 valence electrons. The Morgan fingerprint density at radius 3 is 2.68 bits per heavy atom. The molecule has 2 bridgehead atoms. The molecule has 0 amide bonds. The number of H-pyrrole nitrogens is 1. The van der Waals surface area contributed by atoms with E-state index < -0.39 is 15.4 Å². The largest absolute Gasteiger partial charge is 0.299 e. The highest BCUT2D eigenvalue weighted by molar-refractivity contribution is 7.98. The highest BCUT2D eigenvalue weighted by Crippen LogP contribution is 2.64. The first-order valence-corrected chi connectivity index (χ1v) is 10.1. The van der Waals surface area contributed by atoms with Gasteiger partial charge in [-0.2, -0.15) is 4.98 Å². The van der Waals surface area contributed by atoms with E-state index in [9.17, 15) is 13.2 Å². The number of aromatic amines is 1. The first-order chi connectivity index (χ1) is 10.2. The van der Waals surface area contributed by atoms with Crippen molar-refractivity contribution in [3.63, 3.8) is 0 Å². The van der Waals surface area contributed by atoms with Gasteiger partial charge in [-0.25, -0.2) is 13.5 Å². The van der Waals surface area contributed by atoms with Gasteiger partial charge in [-0.05, 0) is 30.4 Å². The van der Waals surface area contributed by atoms with E-state index in [1.807, 2.05) is 13.8 Å². The van der Waals surface area contributed by atoms with E-state index in [-0.39, 0.29) is 22.9 Å². The fourth-order valence-electron chi connectivity index (χ4n) is 4.00. The van der Waals surface area contributed by atoms with Gasteiger partial charge in [0.2, 0.25) is 21.1 Å². The standard InChI is InChI=1S/C13H20N4O3S2/c1-12(2)8-4-5-13(12,9(18)6-8)7-22(19,20)17-10-14-11(21-3)16-15-10/h8H,4-7H2,1-3H3,(H2,14,15,16,17)/t8-,13?/m0/s1. The lowest BCUT2D eigenvalue weighted by Crippen LogP contribution is -2.43. The van der Waals surface area contributed by atoms with E-state index in [0.717, 1.165) is 6.42 Å². The Hall–Kier alpha value is -1.09. The molecule has 1 aromatic heterocycles. The number of aromatic nitrogens is 3. The number of anilines is 1. The van der Waals surface area contributed by atoms with Crippen molar-refractivity contribution < 1.29 is 13.2 Å². The highest BCUT2D eigenvalue weighted by atomic mass is 32.2. The lowest BCUT2D eigenvalue weighted by Gasteiger charge is -2.35. The first kappa shape index (κ1) is 15.8. The molecule has 3 rings (SSSR count). The number of ketones is 1. The zero-order chi connectivity index (χ0) is 16.2. The number of rotatable bonds is 5. The van der Waals surface area contributed by atoms with Crippen LogP contribution >= 0.6 is 11.8 Å². The van der Waals surface area contributed by atoms with Crippen LogP contribution in [0.15, 0.2) is 5.16 Å². The maximum atomic E-state index is 12.5. The molecule has 2 atom stereocenters. The van der Waals surface area contributed by atoms with E-state index in [4.69, 9.17) is 0 Å². The Morgan fingerprint density at radius 1 is 1.45 bits per heavy atom. The Morgan fingerprint density at radius 2 is 2.18 bits per heavy atom. The highest BCUT2D eigenvalue weighted by Gasteiger charge is 2.65. The van der Waals surface area contributed by atoms with Crippen LogP contribution in [0.2, 0.25) is 0 Å². The van der Waals surface area contributed by atoms with Crippen LogP contribution in [-0.4, -0.2) is 41.4 Å². The van der Waals surface area contributed by atoms with Crippen LogP contribution in [0.3, 0.4) is 0 Å². The van der Waals surface area contributed by atoms with Gasteiger partial charge in [0, 0.05) is 6.42 Å². The van der Waals surface area contributed by atoms with Crippen LogP contribution in [0, 0.1) is 16.7 Å². The zero-order valence-electron chi connectivity index (χ0n) is 12.8. The number of thioether (sulfide) groups is 1. The summed E-state index contributed by atoms with van der Waals surface area (Å²) in [4.78, 5) is 16.4. The predicted octanol–water partition coefficient (Wildman–Crippen LogP) is 1.66. The molecule has 2 aliphatic carbocycles. The molecule has 0 radical (unpaired) electrons. The summed E-state index contributed by atoms with van der Waals surface area (Å²) in [7, 11) is -3.67. The molecule has 1 unspecified atom stereocenters. The first-order valence-electron chi connectivity index (χ1n) is 7.20. The van der Waals surface area contributed by atoms with Crippen LogP contribution < -0.4 is 4.72 Å². The summed E-state index contributed by atoms with van der Waals surface area (Å²) in [5.74, 6) is 0.293. The number of nitrogens with one attached hydrogen (secondary N) is 2. The minimum Gasteiger partial charge on any atom is -0.299 e. The van der Waals surface area contributed by atoms with Crippen molar-refractivity contribution in [1.29, 1.82) is 0 Å². The van der Waals surface area contributed by atoms with E-state index >= 15 is 0 Å². The van der Waals surface area contributed by atoms with E-state index in [1.54, 1.807) is 6.26 Å². The maximum Gasteiger partial charge on any atom is 0.236 e. The molecular formula is C13H20N4O3S2. The zero-order valence-corrected chi connectivity index (χ0v) is 14.5. The van der Waals surface area contributed by atoms with Gasteiger partial charge in [-0.15, -0.1) is 5.10 Å². The predicted molar refractivity (Wildman–Crippen MR) is 84.1 cm³/mol. The molecule has 7 nitrogen and oxygen atoms in total. The molecule has 9 heteroatoms. The smallest absolute Gasteiger partial charge is 0.236 e. The molecule has 1 heterocycles. The molecule has 2 N–H and O–H groups in total. The summed E-state index contributed by atoms with van der Waals surface area (Å²) in [5, 5.41) is 6.89. The number of carbonyl (C=O) groups is 1. The quantitative estimate of drug-likeness (QED) is 0.787. The third-order valence-electron chi connectivity index (χ3n) is 5.48. The molecule has 0 aliphatic heterocycles. The van der Waals surface area contributed by atoms with Crippen LogP contribution in [0.5, 0.6) is 0 Å². The molecule has 2 saturated carbocycles. The van der Waals surface area contributed by atoms with Crippen LogP contribution in [0.25, 0.3) is 0 Å². The third-order valence-corrected chi connectivity index (χ3v) is 7.40. The van der Waals surface area contributed by atoms with Gasteiger partial charge >= 0.3 is 0 Å². The van der Waals surface area contributed by atoms with Gasteiger partial charge in [-0.1, -0.05) is 25.6 Å². The number of hydrogen-bond acceptors (Lipinski definition) is 6. The summed E-state index contributed by atoms with van der Waals surface area (Å²) >= 11 is 1.32. The second kappa shape index (κ2) is 4.95. The fourth-order valence-corrected chi connectivity index (χ4v) is 6.10. The fraction of sp³-hybridized carbons (Fsp3) is 0.769. The molecule has 0 aromatic carbocycles. The SMILES string of the molecule is CSc1n[nH]c(NS(=O)(=O)CC23CC[C@@H](CC2=O)C3(C)C)n1. The molecule has 0 spiro atoms. The van der Waals surface area contributed by atoms with Gasteiger partial charge in [0.05, 0.1) is 11.2 Å². The lowest BCUT2D eigenvalue weighted by atomic mass is 9.70. The van der Waals surface area contributed by atoms with Crippen molar-refractivity contribution in [3.05, 3.63) is 0 Å². The van der Waals surface area contributed by atoms with E-state index in [1.165, 1.54) is 11.8 Å². The van der Waals surface area contributed by atoms with Crippen molar-refractivity contribution in [2.75, 3.05) is 16.7 Å². The van der Waals surface area contributed by atoms with Crippen molar-refractivity contribution >= 4 is 33.5 Å². The molecular weight excluding hydrogens is 324 g/mol. The lowest BCUT2D eigenvalue weighted by molar-refractivity contribution is -0.128. The number of hydrogen-bond donors (Lipinski definition) is 2. The Bertz CT molecular complexity index is 713. The number of Topliss-reactive ketones (excluding diaryl/α,β-unsaturated/α-hetero) is 1. The number of fused-ring (bicyclic) bond motifs is 2. The van der Waals surface area contributed by atoms with Crippen LogP contribution in [-0.2, 0) is 14.8 Å². The number of nitrogens with zero attached hydrogens (tertiary/aromatic N) is 2. The van der Waals surface area contributed by atoms with Gasteiger partial charge in [0.1, 0.15) is 5.78 Å². The van der Waals surface area contributed by atoms with Crippen LogP contribution in [0.1, 0.15) is 33.1 Å². The van der Waals surface area contributed by atoms with E-state index in [2.05, 4.69) is 19.9 Å². The average molecular weight is 344 g/mol. The summed E-state index contributed by atoms with van der Waals surface area (Å²) in [5.41, 5.74) is -1.05. The van der Waals surface area contributed by atoms with Crippen molar-refractivity contribution in [2.24, 2.45) is 16.7 Å². The van der Waals surface area contributed by atoms with Gasteiger partial charge < -0.3 is 0 Å². The molecule has 22 heavy (non-hydrogen) atoms. The minimum atomic E-state index is -3.67. The summed E-state index contributed by atoms with van der Waals surface area (Å²) in [6, 6.07) is 0. The maximum absolute atomic E-state index is 12.5. The Kier molecular flexibility index (Phi) is 3.56. The average Bonchev–Trinajstić information content (AvgIpc) is 3.00. The van der Waals surface area contributed by atoms with Gasteiger partial charge in [0.25, 0.3) is 0 Å².